The zero-order chi connectivity index (χ0) is 31.3. The lowest BCUT2D eigenvalue weighted by Crippen LogP contribution is -2.51. The van der Waals surface area contributed by atoms with Gasteiger partial charge in [0, 0.05) is 43.2 Å². The van der Waals surface area contributed by atoms with Crippen molar-refractivity contribution in [3.8, 4) is 0 Å². The second-order valence-corrected chi connectivity index (χ2v) is 12.3. The van der Waals surface area contributed by atoms with Gasteiger partial charge in [0.25, 0.3) is 0 Å². The average molecular weight is 625 g/mol. The number of carbonyl (C=O) groups is 3. The van der Waals surface area contributed by atoms with Gasteiger partial charge < -0.3 is 24.0 Å². The van der Waals surface area contributed by atoms with E-state index in [1.54, 1.807) is 11.3 Å². The molecular weight excluding hydrogens is 580 g/mol. The number of carbonyl (C=O) groups excluding carboxylic acids is 3. The highest BCUT2D eigenvalue weighted by molar-refractivity contribution is 7.09. The van der Waals surface area contributed by atoms with Crippen LogP contribution in [0.15, 0.2) is 47.5 Å². The Labute approximate surface area is 263 Å². The Morgan fingerprint density at radius 3 is 2.27 bits per heavy atom. The van der Waals surface area contributed by atoms with E-state index in [1.165, 1.54) is 37.0 Å². The molecule has 1 amide bonds. The monoisotopic (exact) mass is 624 g/mol. The molecule has 0 spiro atoms. The van der Waals surface area contributed by atoms with Crippen LogP contribution < -0.4 is 14.8 Å². The number of piperazine rings is 1. The second-order valence-electron chi connectivity index (χ2n) is 11.1. The third-order valence-corrected chi connectivity index (χ3v) is 8.54. The molecule has 0 saturated carbocycles. The molecule has 2 aromatic rings. The van der Waals surface area contributed by atoms with Gasteiger partial charge in [-0.1, -0.05) is 64.0 Å². The molecule has 2 aliphatic rings. The zero-order valence-corrected chi connectivity index (χ0v) is 26.9. The highest BCUT2D eigenvalue weighted by Gasteiger charge is 2.32. The van der Waals surface area contributed by atoms with Crippen LogP contribution in [0, 0.1) is 6.92 Å². The van der Waals surface area contributed by atoms with E-state index in [0.29, 0.717) is 23.8 Å². The largest absolute Gasteiger partial charge is 0.463 e. The molecular formula is C33H44N4O6S. The van der Waals surface area contributed by atoms with E-state index in [4.69, 9.17) is 19.2 Å². The van der Waals surface area contributed by atoms with Crippen molar-refractivity contribution < 1.29 is 28.6 Å². The number of aryl methyl sites for hydroxylation is 1. The number of hydrogen-bond acceptors (Lipinski definition) is 10. The molecule has 4 rings (SSSR count). The molecule has 1 fully saturated rings. The molecule has 1 aromatic carbocycles. The Morgan fingerprint density at radius 1 is 0.886 bits per heavy atom. The van der Waals surface area contributed by atoms with Gasteiger partial charge in [0.1, 0.15) is 10.5 Å². The number of nitrogens with zero attached hydrogens (tertiary/aromatic N) is 4. The van der Waals surface area contributed by atoms with Gasteiger partial charge in [-0.15, -0.1) is 11.3 Å². The molecule has 238 valence electrons. The van der Waals surface area contributed by atoms with Crippen LogP contribution in [-0.4, -0.2) is 74.5 Å². The molecule has 44 heavy (non-hydrogen) atoms. The minimum atomic E-state index is -0.813. The molecule has 0 unspecified atom stereocenters. The molecule has 0 aliphatic carbocycles. The fourth-order valence-electron chi connectivity index (χ4n) is 5.20. The van der Waals surface area contributed by atoms with E-state index < -0.39 is 24.8 Å². The fourth-order valence-corrected chi connectivity index (χ4v) is 6.08. The molecule has 2 aliphatic heterocycles. The molecule has 0 radical (unpaired) electrons. The normalized spacial score (nSPS) is 14.9. The lowest BCUT2D eigenvalue weighted by atomic mass is 10.1. The lowest BCUT2D eigenvalue weighted by molar-refractivity contribution is -0.146. The summed E-state index contributed by atoms with van der Waals surface area (Å²) in [5.41, 5.74) is 1.22. The number of hydrogen-bond donors (Lipinski definition) is 0. The quantitative estimate of drug-likeness (QED) is 0.125. The molecule has 1 saturated heterocycles. The van der Waals surface area contributed by atoms with Crippen molar-refractivity contribution in [3.05, 3.63) is 57.3 Å². The summed E-state index contributed by atoms with van der Waals surface area (Å²) in [5, 5.41) is 0.857. The van der Waals surface area contributed by atoms with Gasteiger partial charge in [0.05, 0.1) is 23.2 Å². The van der Waals surface area contributed by atoms with Gasteiger partial charge in [-0.2, -0.15) is 0 Å². The van der Waals surface area contributed by atoms with Gasteiger partial charge in [-0.3, -0.25) is 0 Å². The first-order valence-corrected chi connectivity index (χ1v) is 16.4. The summed E-state index contributed by atoms with van der Waals surface area (Å²) in [6.07, 6.45) is 10.5. The van der Waals surface area contributed by atoms with Crippen molar-refractivity contribution in [1.29, 1.82) is 0 Å². The zero-order valence-electron chi connectivity index (χ0n) is 26.1. The number of para-hydroxylation sites is 2. The van der Waals surface area contributed by atoms with Crippen molar-refractivity contribution >= 4 is 46.6 Å². The van der Waals surface area contributed by atoms with E-state index in [-0.39, 0.29) is 0 Å². The number of anilines is 1. The van der Waals surface area contributed by atoms with Crippen LogP contribution in [0.3, 0.4) is 0 Å². The first-order chi connectivity index (χ1) is 21.4. The number of rotatable bonds is 14. The molecule has 0 N–H and O–H groups in total. The minimum Gasteiger partial charge on any atom is -0.463 e. The van der Waals surface area contributed by atoms with E-state index >= 15 is 0 Å². The molecule has 0 atom stereocenters. The average Bonchev–Trinajstić information content (AvgIpc) is 3.31. The predicted molar refractivity (Wildman–Crippen MR) is 171 cm³/mol. The summed E-state index contributed by atoms with van der Waals surface area (Å²) in [5.74, 6) is -0.728. The van der Waals surface area contributed by atoms with E-state index in [9.17, 15) is 14.4 Å². The van der Waals surface area contributed by atoms with Gasteiger partial charge in [0.2, 0.25) is 6.79 Å². The third-order valence-electron chi connectivity index (χ3n) is 7.60. The van der Waals surface area contributed by atoms with Gasteiger partial charge >= 0.3 is 18.0 Å². The number of amides is 1. The fraction of sp³-hybridized carbons (Fsp3) is 0.515. The van der Waals surface area contributed by atoms with Gasteiger partial charge in [-0.25, -0.2) is 24.3 Å². The SMILES string of the molecule is CCCCCCCCCCOC(=O)C=CC(=O)OCOC(=O)N1C(N2CCN(C)CC2)=c2cc(C)sc2=Nc2ccccc21. The highest BCUT2D eigenvalue weighted by Crippen LogP contribution is 2.34. The van der Waals surface area contributed by atoms with E-state index in [0.717, 1.165) is 72.4 Å². The second kappa shape index (κ2) is 17.0. The third kappa shape index (κ3) is 9.40. The van der Waals surface area contributed by atoms with Crippen LogP contribution in [0.5, 0.6) is 0 Å². The van der Waals surface area contributed by atoms with Crippen LogP contribution in [0.25, 0.3) is 5.82 Å². The number of thiophene rings is 1. The molecule has 10 nitrogen and oxygen atoms in total. The van der Waals surface area contributed by atoms with Gasteiger partial charge in [-0.05, 0) is 38.6 Å². The first-order valence-electron chi connectivity index (χ1n) is 15.6. The predicted octanol–water partition coefficient (Wildman–Crippen LogP) is 5.02. The first kappa shape index (κ1) is 33.2. The van der Waals surface area contributed by atoms with Crippen LogP contribution >= 0.6 is 11.3 Å². The summed E-state index contributed by atoms with van der Waals surface area (Å²) >= 11 is 1.57. The molecule has 1 aromatic heterocycles. The number of esters is 2. The number of unbranched alkanes of at least 4 members (excludes halogenated alkanes) is 7. The van der Waals surface area contributed by atoms with E-state index in [1.807, 2.05) is 37.3 Å². The maximum absolute atomic E-state index is 13.7. The Hall–Kier alpha value is -3.70. The van der Waals surface area contributed by atoms with Crippen LogP contribution in [-0.2, 0) is 23.8 Å². The summed E-state index contributed by atoms with van der Waals surface area (Å²) in [6.45, 7) is 7.05. The highest BCUT2D eigenvalue weighted by atomic mass is 32.1. The van der Waals surface area contributed by atoms with Crippen LogP contribution in [0.4, 0.5) is 16.2 Å². The van der Waals surface area contributed by atoms with Crippen LogP contribution in [0.2, 0.25) is 0 Å². The topological polar surface area (TPSA) is 101 Å². The molecule has 3 heterocycles. The van der Waals surface area contributed by atoms with Gasteiger partial charge in [0.15, 0.2) is 0 Å². The Kier molecular flexibility index (Phi) is 12.8. The Balaban J connectivity index is 1.33. The van der Waals surface area contributed by atoms with Crippen molar-refractivity contribution in [1.82, 2.24) is 9.80 Å². The van der Waals surface area contributed by atoms with Crippen molar-refractivity contribution in [2.24, 2.45) is 4.99 Å². The number of benzene rings is 1. The van der Waals surface area contributed by atoms with Crippen molar-refractivity contribution in [2.75, 3.05) is 51.5 Å². The van der Waals surface area contributed by atoms with Crippen LogP contribution in [0.1, 0.15) is 63.2 Å². The number of fused-ring (bicyclic) bond motifs is 2. The van der Waals surface area contributed by atoms with Crippen molar-refractivity contribution in [2.45, 2.75) is 65.2 Å². The van der Waals surface area contributed by atoms with Crippen molar-refractivity contribution in [3.63, 3.8) is 0 Å². The Morgan fingerprint density at radius 2 is 1.55 bits per heavy atom. The summed E-state index contributed by atoms with van der Waals surface area (Å²) in [4.78, 5) is 49.8. The number of likely N-dealkylation sites (N-methyl/N-ethyl adjacent to an activating group) is 1. The van der Waals surface area contributed by atoms with E-state index in [2.05, 4.69) is 23.8 Å². The lowest BCUT2D eigenvalue weighted by Gasteiger charge is -2.38. The minimum absolute atomic E-state index is 0.311. The summed E-state index contributed by atoms with van der Waals surface area (Å²) in [6, 6.07) is 9.45. The maximum Gasteiger partial charge on any atom is 0.423 e. The number of ether oxygens (including phenoxy) is 3. The summed E-state index contributed by atoms with van der Waals surface area (Å²) in [7, 11) is 2.08. The standard InChI is InChI=1S/C33H44N4O6S/c1-4-5-6-7-8-9-10-13-22-41-29(38)16-17-30(39)42-24-43-33(40)37-28-15-12-11-14-27(28)34-31-26(23-25(2)44-31)32(37)36-20-18-35(3)19-21-36/h11-12,14-17,23H,4-10,13,18-22,24H2,1-3H3. The molecule has 11 heteroatoms. The molecule has 0 bridgehead atoms. The summed E-state index contributed by atoms with van der Waals surface area (Å²) < 4.78 is 16.5. The maximum atomic E-state index is 13.7. The Bertz CT molecular complexity index is 1430. The smallest absolute Gasteiger partial charge is 0.423 e.